The van der Waals surface area contributed by atoms with Gasteiger partial charge >= 0.3 is 6.09 Å². The van der Waals surface area contributed by atoms with Gasteiger partial charge in [-0.3, -0.25) is 9.69 Å². The lowest BCUT2D eigenvalue weighted by Gasteiger charge is -2.23. The first-order valence-corrected chi connectivity index (χ1v) is 8.09. The number of hydrogen-bond acceptors (Lipinski definition) is 4. The van der Waals surface area contributed by atoms with Gasteiger partial charge < -0.3 is 4.74 Å². The molecule has 0 aromatic heterocycles. The Hall–Kier alpha value is -3.65. The summed E-state index contributed by atoms with van der Waals surface area (Å²) in [6.07, 6.45) is 5.67. The minimum atomic E-state index is -0.580. The summed E-state index contributed by atoms with van der Waals surface area (Å²) in [5.41, 5.74) is 2.09. The Morgan fingerprint density at radius 2 is 1.88 bits per heavy atom. The van der Waals surface area contributed by atoms with Crippen molar-refractivity contribution in [1.29, 1.82) is 5.26 Å². The Bertz CT molecular complexity index is 893. The van der Waals surface area contributed by atoms with Gasteiger partial charge in [-0.2, -0.15) is 5.26 Å². The SMILES string of the molecule is N#Cc1ccc(CC2C=CN(C(=O)Oc3ccccc3)C=C2C=O)cc1. The number of aldehydes is 1. The van der Waals surface area contributed by atoms with Gasteiger partial charge in [0.2, 0.25) is 0 Å². The van der Waals surface area contributed by atoms with Crippen LogP contribution in [0.2, 0.25) is 0 Å². The molecule has 5 nitrogen and oxygen atoms in total. The highest BCUT2D eigenvalue weighted by atomic mass is 16.6. The number of benzene rings is 2. The van der Waals surface area contributed by atoms with Crippen LogP contribution in [-0.4, -0.2) is 17.3 Å². The molecule has 0 N–H and O–H groups in total. The van der Waals surface area contributed by atoms with E-state index in [4.69, 9.17) is 10.00 Å². The Morgan fingerprint density at radius 1 is 1.15 bits per heavy atom. The molecule has 1 heterocycles. The zero-order chi connectivity index (χ0) is 18.4. The van der Waals surface area contributed by atoms with E-state index in [2.05, 4.69) is 6.07 Å². The van der Waals surface area contributed by atoms with Crippen LogP contribution in [0.5, 0.6) is 5.75 Å². The molecule has 2 aromatic rings. The standard InChI is InChI=1S/C21H16N2O3/c22-13-17-8-6-16(7-9-17)12-18-10-11-23(14-19(18)15-24)21(25)26-20-4-2-1-3-5-20/h1-11,14-15,18H,12H2. The molecule has 26 heavy (non-hydrogen) atoms. The van der Waals surface area contributed by atoms with Crippen molar-refractivity contribution in [3.8, 4) is 11.8 Å². The number of hydrogen-bond donors (Lipinski definition) is 0. The molecule has 0 radical (unpaired) electrons. The summed E-state index contributed by atoms with van der Waals surface area (Å²) in [4.78, 5) is 24.9. The molecule has 0 fully saturated rings. The van der Waals surface area contributed by atoms with E-state index in [0.717, 1.165) is 11.8 Å². The monoisotopic (exact) mass is 344 g/mol. The van der Waals surface area contributed by atoms with Gasteiger partial charge in [0.15, 0.2) is 0 Å². The predicted molar refractivity (Wildman–Crippen MR) is 95.9 cm³/mol. The third kappa shape index (κ3) is 4.05. The van der Waals surface area contributed by atoms with Gasteiger partial charge in [-0.1, -0.05) is 36.4 Å². The van der Waals surface area contributed by atoms with E-state index in [0.29, 0.717) is 23.3 Å². The Balaban J connectivity index is 1.69. The summed E-state index contributed by atoms with van der Waals surface area (Å²) in [5.74, 6) is 0.299. The van der Waals surface area contributed by atoms with Crippen LogP contribution in [0.25, 0.3) is 0 Å². The van der Waals surface area contributed by atoms with E-state index in [9.17, 15) is 9.59 Å². The number of amides is 1. The van der Waals surface area contributed by atoms with Crippen LogP contribution in [0.4, 0.5) is 4.79 Å². The Morgan fingerprint density at radius 3 is 2.54 bits per heavy atom. The summed E-state index contributed by atoms with van der Waals surface area (Å²) < 4.78 is 5.27. The molecule has 2 aromatic carbocycles. The molecule has 0 aliphatic carbocycles. The molecule has 3 rings (SSSR count). The third-order valence-corrected chi connectivity index (χ3v) is 4.03. The van der Waals surface area contributed by atoms with Crippen molar-refractivity contribution in [1.82, 2.24) is 4.90 Å². The molecule has 0 bridgehead atoms. The topological polar surface area (TPSA) is 70.4 Å². The van der Waals surface area contributed by atoms with Gasteiger partial charge in [-0.05, 0) is 36.2 Å². The average molecular weight is 344 g/mol. The molecule has 1 amide bonds. The van der Waals surface area contributed by atoms with Crippen LogP contribution in [-0.2, 0) is 11.2 Å². The van der Waals surface area contributed by atoms with Gasteiger partial charge in [-0.15, -0.1) is 0 Å². The van der Waals surface area contributed by atoms with Crippen LogP contribution < -0.4 is 4.74 Å². The fraction of sp³-hybridized carbons (Fsp3) is 0.0952. The highest BCUT2D eigenvalue weighted by Gasteiger charge is 2.21. The van der Waals surface area contributed by atoms with E-state index < -0.39 is 6.09 Å². The van der Waals surface area contributed by atoms with Crippen LogP contribution >= 0.6 is 0 Å². The minimum absolute atomic E-state index is 0.138. The first-order chi connectivity index (χ1) is 12.7. The second-order valence-corrected chi connectivity index (χ2v) is 5.80. The maximum absolute atomic E-state index is 12.2. The molecule has 0 spiro atoms. The zero-order valence-corrected chi connectivity index (χ0v) is 13.9. The molecule has 5 heteroatoms. The summed E-state index contributed by atoms with van der Waals surface area (Å²) in [5, 5.41) is 8.85. The van der Waals surface area contributed by atoms with Crippen molar-refractivity contribution < 1.29 is 14.3 Å². The van der Waals surface area contributed by atoms with E-state index in [1.165, 1.54) is 11.1 Å². The highest BCUT2D eigenvalue weighted by Crippen LogP contribution is 2.23. The second kappa shape index (κ2) is 7.95. The number of carbonyl (C=O) groups is 2. The lowest BCUT2D eigenvalue weighted by atomic mass is 9.91. The number of nitriles is 1. The van der Waals surface area contributed by atoms with Gasteiger partial charge in [-0.25, -0.2) is 4.79 Å². The van der Waals surface area contributed by atoms with Crippen LogP contribution in [0.15, 0.2) is 78.6 Å². The molecule has 128 valence electrons. The molecule has 1 unspecified atom stereocenters. The summed E-state index contributed by atoms with van der Waals surface area (Å²) in [7, 11) is 0. The largest absolute Gasteiger partial charge is 0.423 e. The fourth-order valence-electron chi connectivity index (χ4n) is 2.64. The lowest BCUT2D eigenvalue weighted by Crippen LogP contribution is -2.28. The first-order valence-electron chi connectivity index (χ1n) is 8.09. The molecule has 0 saturated heterocycles. The van der Waals surface area contributed by atoms with E-state index in [1.807, 2.05) is 18.2 Å². The number of nitrogens with zero attached hydrogens (tertiary/aromatic N) is 2. The number of rotatable bonds is 4. The van der Waals surface area contributed by atoms with Gasteiger partial charge in [0, 0.05) is 23.9 Å². The second-order valence-electron chi connectivity index (χ2n) is 5.80. The normalized spacial score (nSPS) is 15.7. The number of para-hydroxylation sites is 1. The van der Waals surface area contributed by atoms with Crippen molar-refractivity contribution in [2.24, 2.45) is 5.92 Å². The molecule has 1 aliphatic heterocycles. The van der Waals surface area contributed by atoms with E-state index in [-0.39, 0.29) is 5.92 Å². The summed E-state index contributed by atoms with van der Waals surface area (Å²) in [6, 6.07) is 18.0. The van der Waals surface area contributed by atoms with E-state index >= 15 is 0 Å². The predicted octanol–water partition coefficient (Wildman–Crippen LogP) is 3.83. The maximum Gasteiger partial charge on any atom is 0.423 e. The number of ether oxygens (including phenoxy) is 1. The van der Waals surface area contributed by atoms with Gasteiger partial charge in [0.25, 0.3) is 0 Å². The molecule has 1 atom stereocenters. The van der Waals surface area contributed by atoms with Crippen molar-refractivity contribution in [2.45, 2.75) is 6.42 Å². The highest BCUT2D eigenvalue weighted by molar-refractivity contribution is 5.79. The summed E-state index contributed by atoms with van der Waals surface area (Å²) in [6.45, 7) is 0. The number of carbonyl (C=O) groups excluding carboxylic acids is 2. The van der Waals surface area contributed by atoms with Crippen molar-refractivity contribution in [2.75, 3.05) is 0 Å². The van der Waals surface area contributed by atoms with Crippen LogP contribution in [0.3, 0.4) is 0 Å². The Kier molecular flexibility index (Phi) is 5.25. The molecular weight excluding hydrogens is 328 g/mol. The molecule has 0 saturated carbocycles. The molecule has 1 aliphatic rings. The van der Waals surface area contributed by atoms with Crippen molar-refractivity contribution >= 4 is 12.4 Å². The average Bonchev–Trinajstić information content (AvgIpc) is 2.69. The van der Waals surface area contributed by atoms with Crippen molar-refractivity contribution in [3.63, 3.8) is 0 Å². The van der Waals surface area contributed by atoms with Crippen molar-refractivity contribution in [3.05, 3.63) is 89.8 Å². The Labute approximate surface area is 151 Å². The number of allylic oxidation sites excluding steroid dienone is 2. The smallest absolute Gasteiger partial charge is 0.410 e. The third-order valence-electron chi connectivity index (χ3n) is 4.03. The van der Waals surface area contributed by atoms with Crippen LogP contribution in [0, 0.1) is 17.2 Å². The summed E-state index contributed by atoms with van der Waals surface area (Å²) >= 11 is 0. The minimum Gasteiger partial charge on any atom is -0.410 e. The molecular formula is C21H16N2O3. The van der Waals surface area contributed by atoms with Gasteiger partial charge in [0.1, 0.15) is 12.0 Å². The van der Waals surface area contributed by atoms with Gasteiger partial charge in [0.05, 0.1) is 11.6 Å². The lowest BCUT2D eigenvalue weighted by molar-refractivity contribution is -0.105. The maximum atomic E-state index is 12.2. The fourth-order valence-corrected chi connectivity index (χ4v) is 2.64. The zero-order valence-electron chi connectivity index (χ0n) is 13.9. The quantitative estimate of drug-likeness (QED) is 0.791. The first kappa shape index (κ1) is 17.2. The van der Waals surface area contributed by atoms with E-state index in [1.54, 1.807) is 48.7 Å². The van der Waals surface area contributed by atoms with Crippen LogP contribution in [0.1, 0.15) is 11.1 Å².